The van der Waals surface area contributed by atoms with E-state index < -0.39 is 16.1 Å². The summed E-state index contributed by atoms with van der Waals surface area (Å²) in [4.78, 5) is 4.09. The topological polar surface area (TPSA) is 83.0 Å². The molecule has 1 atom stereocenters. The van der Waals surface area contributed by atoms with E-state index >= 15 is 0 Å². The second kappa shape index (κ2) is 15.9. The zero-order valence-electron chi connectivity index (χ0n) is 21.0. The molecule has 35 heavy (non-hydrogen) atoms. The highest BCUT2D eigenvalue weighted by Gasteiger charge is 2.25. The molecular formula is C23H36ClF2N4O3PS. The minimum absolute atomic E-state index is 0.0421. The maximum absolute atomic E-state index is 13.3. The van der Waals surface area contributed by atoms with Gasteiger partial charge in [-0.05, 0) is 59.2 Å². The molecule has 0 bridgehead atoms. The van der Waals surface area contributed by atoms with Crippen molar-refractivity contribution < 1.29 is 21.9 Å². The first-order chi connectivity index (χ1) is 16.2. The van der Waals surface area contributed by atoms with Crippen LogP contribution in [-0.2, 0) is 14.9 Å². The van der Waals surface area contributed by atoms with Gasteiger partial charge in [-0.1, -0.05) is 44.2 Å². The van der Waals surface area contributed by atoms with Gasteiger partial charge in [-0.15, -0.1) is 0 Å². The van der Waals surface area contributed by atoms with Gasteiger partial charge >= 0.3 is 16.1 Å². The largest absolute Gasteiger partial charge is 0.430 e. The predicted molar refractivity (Wildman–Crippen MR) is 145 cm³/mol. The summed E-state index contributed by atoms with van der Waals surface area (Å²) in [6.45, 7) is 10.9. The third-order valence-corrected chi connectivity index (χ3v) is 6.66. The highest BCUT2D eigenvalue weighted by atomic mass is 35.5. The Labute approximate surface area is 215 Å². The molecule has 1 unspecified atom stereocenters. The molecule has 7 nitrogen and oxygen atoms in total. The molecule has 12 heteroatoms. The summed E-state index contributed by atoms with van der Waals surface area (Å²) in [6.07, 6.45) is 10.3. The lowest BCUT2D eigenvalue weighted by Crippen LogP contribution is -2.35. The van der Waals surface area contributed by atoms with E-state index in [9.17, 15) is 17.2 Å². The lowest BCUT2D eigenvalue weighted by Gasteiger charge is -2.17. The summed E-state index contributed by atoms with van der Waals surface area (Å²) < 4.78 is 59.1. The van der Waals surface area contributed by atoms with Crippen molar-refractivity contribution in [2.24, 2.45) is 4.99 Å². The van der Waals surface area contributed by atoms with Crippen molar-refractivity contribution in [3.05, 3.63) is 70.4 Å². The van der Waals surface area contributed by atoms with E-state index in [1.807, 2.05) is 13.8 Å². The Morgan fingerprint density at radius 2 is 1.91 bits per heavy atom. The first kappa shape index (κ1) is 33.0. The van der Waals surface area contributed by atoms with Gasteiger partial charge in [0.15, 0.2) is 0 Å². The molecule has 2 N–H and O–H groups in total. The first-order valence-electron chi connectivity index (χ1n) is 10.8. The van der Waals surface area contributed by atoms with Gasteiger partial charge in [-0.2, -0.15) is 21.5 Å². The summed E-state index contributed by atoms with van der Waals surface area (Å²) in [5.41, 5.74) is 2.26. The van der Waals surface area contributed by atoms with Crippen LogP contribution in [0.5, 0.6) is 0 Å². The van der Waals surface area contributed by atoms with Gasteiger partial charge in [0, 0.05) is 43.1 Å². The average Bonchev–Trinajstić information content (AvgIpc) is 2.76. The van der Waals surface area contributed by atoms with Crippen molar-refractivity contribution in [3.8, 4) is 0 Å². The van der Waals surface area contributed by atoms with Gasteiger partial charge in [0.05, 0.1) is 6.34 Å². The van der Waals surface area contributed by atoms with Crippen LogP contribution < -0.4 is 10.0 Å². The smallest absolute Gasteiger partial charge is 0.408 e. The number of hydrogen-bond acceptors (Lipinski definition) is 4. The standard InChI is InChI=1S/C23H36ClF2N4O3PS/c1-8-18(9-2)22(33-23(25,26)34)13-12-14-27-16-28-21(20(24)11-4)15-19(10-3)17(5)29-35(31,32)30(6)7/h8,10,12-14,16,29H,3,9,11,15,34H2,1-2,4-7H3,(H,27,28)/b14-12+,18-8-,19-17+,21-20-,22-13+. The summed E-state index contributed by atoms with van der Waals surface area (Å²) in [5.74, 6) is -3.35. The minimum Gasteiger partial charge on any atom is -0.430 e. The normalized spacial score (nSPS) is 15.4. The minimum atomic E-state index is -3.67. The molecule has 0 fully saturated rings. The molecule has 198 valence electrons. The van der Waals surface area contributed by atoms with Crippen molar-refractivity contribution in [1.82, 2.24) is 14.3 Å². The fourth-order valence-electron chi connectivity index (χ4n) is 2.55. The van der Waals surface area contributed by atoms with E-state index in [4.69, 9.17) is 16.3 Å². The maximum atomic E-state index is 13.3. The van der Waals surface area contributed by atoms with Crippen LogP contribution in [0.25, 0.3) is 0 Å². The fourth-order valence-corrected chi connectivity index (χ4v) is 3.50. The summed E-state index contributed by atoms with van der Waals surface area (Å²) >= 11 is 6.36. The number of hydrogen-bond donors (Lipinski definition) is 2. The number of rotatable bonds is 15. The van der Waals surface area contributed by atoms with Crippen LogP contribution in [-0.4, -0.2) is 39.0 Å². The lowest BCUT2D eigenvalue weighted by molar-refractivity contribution is -0.131. The van der Waals surface area contributed by atoms with Crippen molar-refractivity contribution in [1.29, 1.82) is 0 Å². The molecule has 0 saturated carbocycles. The van der Waals surface area contributed by atoms with E-state index in [0.29, 0.717) is 40.4 Å². The molecule has 0 aliphatic heterocycles. The number of ether oxygens (including phenoxy) is 1. The van der Waals surface area contributed by atoms with E-state index in [1.165, 1.54) is 48.0 Å². The van der Waals surface area contributed by atoms with E-state index in [1.54, 1.807) is 26.0 Å². The molecular weight excluding hydrogens is 517 g/mol. The number of nitrogens with one attached hydrogen (secondary N) is 2. The third kappa shape index (κ3) is 13.0. The van der Waals surface area contributed by atoms with Gasteiger partial charge in [0.25, 0.3) is 0 Å². The molecule has 0 rings (SSSR count). The number of nitrogens with zero attached hydrogens (tertiary/aromatic N) is 2. The molecule has 0 spiro atoms. The number of halogens is 3. The fraction of sp³-hybridized carbons (Fsp3) is 0.435. The van der Waals surface area contributed by atoms with Gasteiger partial charge in [-0.25, -0.2) is 4.99 Å². The van der Waals surface area contributed by atoms with Crippen LogP contribution in [0.2, 0.25) is 0 Å². The lowest BCUT2D eigenvalue weighted by atomic mass is 10.1. The second-order valence-corrected chi connectivity index (χ2v) is 10.3. The molecule has 0 saturated heterocycles. The van der Waals surface area contributed by atoms with Gasteiger partial charge in [0.2, 0.25) is 0 Å². The maximum Gasteiger partial charge on any atom is 0.408 e. The Bertz CT molecular complexity index is 1010. The van der Waals surface area contributed by atoms with Gasteiger partial charge in [0.1, 0.15) is 5.76 Å². The number of alkyl halides is 2. The van der Waals surface area contributed by atoms with Gasteiger partial charge < -0.3 is 10.1 Å². The highest BCUT2D eigenvalue weighted by Crippen LogP contribution is 2.30. The van der Waals surface area contributed by atoms with Crippen LogP contribution in [0, 0.1) is 0 Å². The molecule has 0 heterocycles. The monoisotopic (exact) mass is 552 g/mol. The van der Waals surface area contributed by atoms with E-state index in [-0.39, 0.29) is 12.2 Å². The van der Waals surface area contributed by atoms with E-state index in [0.717, 1.165) is 4.31 Å². The summed E-state index contributed by atoms with van der Waals surface area (Å²) in [6, 6.07) is 0. The van der Waals surface area contributed by atoms with E-state index in [2.05, 4.69) is 21.6 Å². The highest BCUT2D eigenvalue weighted by molar-refractivity contribution is 7.87. The van der Waals surface area contributed by atoms with Crippen molar-refractivity contribution in [2.45, 2.75) is 52.8 Å². The predicted octanol–water partition coefficient (Wildman–Crippen LogP) is 5.91. The number of allylic oxidation sites excluding steroid dienone is 8. The Morgan fingerprint density at radius 3 is 2.37 bits per heavy atom. The Kier molecular flexibility index (Phi) is 15.0. The zero-order valence-corrected chi connectivity index (χ0v) is 23.8. The van der Waals surface area contributed by atoms with Crippen molar-refractivity contribution in [3.63, 3.8) is 0 Å². The molecule has 0 aromatic carbocycles. The summed E-state index contributed by atoms with van der Waals surface area (Å²) in [5, 5.41) is 3.53. The average molecular weight is 553 g/mol. The first-order valence-corrected chi connectivity index (χ1v) is 13.2. The molecule has 0 aromatic heterocycles. The van der Waals surface area contributed by atoms with Crippen LogP contribution in [0.3, 0.4) is 0 Å². The molecule has 0 radical (unpaired) electrons. The summed E-state index contributed by atoms with van der Waals surface area (Å²) in [7, 11) is 0.528. The molecule has 0 aromatic rings. The Hall–Kier alpha value is -2.00. The van der Waals surface area contributed by atoms with Crippen LogP contribution in [0.15, 0.2) is 75.4 Å². The number of aliphatic imine (C=N–C) groups is 1. The van der Waals surface area contributed by atoms with Crippen molar-refractivity contribution in [2.75, 3.05) is 14.1 Å². The van der Waals surface area contributed by atoms with Crippen molar-refractivity contribution >= 4 is 37.4 Å². The Balaban J connectivity index is 5.63. The SMILES string of the molecule is C=C/C(C/C(NC=N/C=C/C=C(OC(F)(F)P)\C(=C/C)CC)=C(/Cl)CC)=C(/C)NS(=O)(=O)N(C)C. The third-order valence-electron chi connectivity index (χ3n) is 4.52. The molecule has 0 amide bonds. The quantitative estimate of drug-likeness (QED) is 0.0870. The van der Waals surface area contributed by atoms with Crippen LogP contribution >= 0.6 is 20.8 Å². The second-order valence-electron chi connectivity index (χ2n) is 7.28. The molecule has 0 aliphatic rings. The zero-order chi connectivity index (χ0) is 27.2. The molecule has 0 aliphatic carbocycles. The van der Waals surface area contributed by atoms with Crippen LogP contribution in [0.1, 0.15) is 47.0 Å². The van der Waals surface area contributed by atoms with Gasteiger partial charge in [-0.3, -0.25) is 4.72 Å². The Morgan fingerprint density at radius 1 is 1.29 bits per heavy atom. The van der Waals surface area contributed by atoms with Crippen LogP contribution in [0.4, 0.5) is 8.78 Å².